The summed E-state index contributed by atoms with van der Waals surface area (Å²) in [5.41, 5.74) is 0.432. The van der Waals surface area contributed by atoms with Gasteiger partial charge in [-0.15, -0.1) is 0 Å². The van der Waals surface area contributed by atoms with Crippen LogP contribution < -0.4 is 15.3 Å². The second-order valence-corrected chi connectivity index (χ2v) is 16.2. The van der Waals surface area contributed by atoms with Gasteiger partial charge < -0.3 is 28.9 Å². The Bertz CT molecular complexity index is 2150. The van der Waals surface area contributed by atoms with Crippen molar-refractivity contribution in [1.82, 2.24) is 19.4 Å². The molecule has 4 heterocycles. The molecule has 3 aliphatic heterocycles. The molecule has 2 fully saturated rings. The number of piperazine rings is 1. The van der Waals surface area contributed by atoms with Crippen LogP contribution in [-0.4, -0.2) is 82.0 Å². The molecule has 292 valence electrons. The van der Waals surface area contributed by atoms with Crippen molar-refractivity contribution in [1.29, 1.82) is 0 Å². The monoisotopic (exact) mass is 777 g/mol. The van der Waals surface area contributed by atoms with Gasteiger partial charge in [-0.25, -0.2) is 23.2 Å². The lowest BCUT2D eigenvalue weighted by molar-refractivity contribution is 0.0130. The van der Waals surface area contributed by atoms with E-state index in [4.69, 9.17) is 25.8 Å². The van der Waals surface area contributed by atoms with Crippen LogP contribution >= 0.6 is 11.6 Å². The molecule has 14 heteroatoms. The minimum Gasteiger partial charge on any atom is -0.488 e. The summed E-state index contributed by atoms with van der Waals surface area (Å²) in [6.07, 6.45) is 1.21. The molecule has 0 bridgehead atoms. The van der Waals surface area contributed by atoms with Crippen LogP contribution in [0.1, 0.15) is 65.5 Å². The van der Waals surface area contributed by atoms with E-state index < -0.39 is 35.1 Å². The maximum Gasteiger partial charge on any atom is 0.410 e. The SMILES string of the molecule is C[C@@H]1CN(c2nc(=O)n3c4c(c(-c5ccc(F)cc5F)c(Cl)cc24)OC[C@H]3CC2CCN(C(=O)OCc3ccccc3)CC2)[C@@H](C)CN1C(=O)OC(C)(C)C. The smallest absolute Gasteiger partial charge is 0.410 e. The zero-order valence-corrected chi connectivity index (χ0v) is 32.4. The number of ether oxygens (including phenoxy) is 3. The van der Waals surface area contributed by atoms with Crippen molar-refractivity contribution in [3.63, 3.8) is 0 Å². The lowest BCUT2D eigenvalue weighted by Gasteiger charge is -2.45. The fourth-order valence-corrected chi connectivity index (χ4v) is 8.24. The third-order valence-electron chi connectivity index (χ3n) is 10.7. The molecule has 3 atom stereocenters. The summed E-state index contributed by atoms with van der Waals surface area (Å²) >= 11 is 6.95. The maximum atomic E-state index is 15.4. The molecule has 3 aromatic carbocycles. The predicted molar refractivity (Wildman–Crippen MR) is 206 cm³/mol. The average Bonchev–Trinajstić information content (AvgIpc) is 3.13. The van der Waals surface area contributed by atoms with Crippen LogP contribution in [0, 0.1) is 17.6 Å². The first kappa shape index (κ1) is 38.4. The van der Waals surface area contributed by atoms with Crippen LogP contribution in [0.15, 0.2) is 59.4 Å². The molecular weight excluding hydrogens is 732 g/mol. The van der Waals surface area contributed by atoms with E-state index in [0.717, 1.165) is 17.7 Å². The van der Waals surface area contributed by atoms with Crippen LogP contribution in [0.4, 0.5) is 24.2 Å². The Kier molecular flexibility index (Phi) is 10.7. The van der Waals surface area contributed by atoms with Crippen molar-refractivity contribution in [3.05, 3.63) is 87.3 Å². The third kappa shape index (κ3) is 7.94. The summed E-state index contributed by atoms with van der Waals surface area (Å²) in [6, 6.07) is 13.5. The summed E-state index contributed by atoms with van der Waals surface area (Å²) in [5.74, 6) is -0.797. The molecule has 0 radical (unpaired) electrons. The number of hydrogen-bond acceptors (Lipinski definition) is 8. The molecule has 1 aromatic heterocycles. The first-order valence-electron chi connectivity index (χ1n) is 18.8. The van der Waals surface area contributed by atoms with Crippen LogP contribution in [0.3, 0.4) is 0 Å². The number of aromatic nitrogens is 2. The van der Waals surface area contributed by atoms with E-state index in [9.17, 15) is 18.8 Å². The third-order valence-corrected chi connectivity index (χ3v) is 10.9. The Morgan fingerprint density at radius 1 is 0.982 bits per heavy atom. The van der Waals surface area contributed by atoms with E-state index in [-0.39, 0.29) is 59.2 Å². The number of nitrogens with zero attached hydrogens (tertiary/aromatic N) is 5. The fourth-order valence-electron chi connectivity index (χ4n) is 7.94. The van der Waals surface area contributed by atoms with Gasteiger partial charge in [0.1, 0.15) is 36.3 Å². The first-order chi connectivity index (χ1) is 26.2. The molecule has 0 saturated carbocycles. The minimum atomic E-state index is -0.818. The van der Waals surface area contributed by atoms with Crippen molar-refractivity contribution < 1.29 is 32.6 Å². The maximum absolute atomic E-state index is 15.4. The molecule has 0 spiro atoms. The summed E-state index contributed by atoms with van der Waals surface area (Å²) in [6.45, 7) is 11.3. The van der Waals surface area contributed by atoms with E-state index in [1.165, 1.54) is 6.07 Å². The molecule has 11 nitrogen and oxygen atoms in total. The molecular formula is C41H46ClF2N5O6. The van der Waals surface area contributed by atoms with Crippen LogP contribution in [0.2, 0.25) is 5.02 Å². The zero-order chi connectivity index (χ0) is 39.2. The number of carbonyl (C=O) groups is 2. The Labute approximate surface area is 323 Å². The van der Waals surface area contributed by atoms with Crippen molar-refractivity contribution in [2.45, 2.75) is 84.2 Å². The largest absolute Gasteiger partial charge is 0.488 e. The van der Waals surface area contributed by atoms with E-state index in [0.29, 0.717) is 62.2 Å². The van der Waals surface area contributed by atoms with Gasteiger partial charge in [-0.2, -0.15) is 4.98 Å². The highest BCUT2D eigenvalue weighted by Gasteiger charge is 2.39. The summed E-state index contributed by atoms with van der Waals surface area (Å²) < 4.78 is 48.8. The Morgan fingerprint density at radius 3 is 2.40 bits per heavy atom. The lowest BCUT2D eigenvalue weighted by atomic mass is 9.89. The van der Waals surface area contributed by atoms with Gasteiger partial charge >= 0.3 is 17.9 Å². The average molecular weight is 778 g/mol. The topological polar surface area (TPSA) is 106 Å². The number of anilines is 1. The Balaban J connectivity index is 1.20. The molecule has 0 N–H and O–H groups in total. The van der Waals surface area contributed by atoms with E-state index in [2.05, 4.69) is 4.98 Å². The number of hydrogen-bond donors (Lipinski definition) is 0. The van der Waals surface area contributed by atoms with Crippen LogP contribution in [0.5, 0.6) is 5.75 Å². The molecule has 2 saturated heterocycles. The van der Waals surface area contributed by atoms with Gasteiger partial charge in [0.15, 0.2) is 5.75 Å². The second-order valence-electron chi connectivity index (χ2n) is 15.8. The van der Waals surface area contributed by atoms with E-state index in [1.807, 2.05) is 69.9 Å². The normalized spacial score (nSPS) is 20.4. The number of piperidine rings is 1. The number of rotatable bonds is 6. The van der Waals surface area contributed by atoms with Crippen molar-refractivity contribution in [2.75, 3.05) is 37.7 Å². The molecule has 4 aromatic rings. The van der Waals surface area contributed by atoms with Gasteiger partial charge in [-0.3, -0.25) is 4.57 Å². The number of halogens is 3. The van der Waals surface area contributed by atoms with Gasteiger partial charge in [0.2, 0.25) is 0 Å². The van der Waals surface area contributed by atoms with Crippen LogP contribution in [-0.2, 0) is 16.1 Å². The van der Waals surface area contributed by atoms with E-state index >= 15 is 4.39 Å². The van der Waals surface area contributed by atoms with Gasteiger partial charge in [0, 0.05) is 60.8 Å². The van der Waals surface area contributed by atoms with Crippen molar-refractivity contribution in [3.8, 4) is 16.9 Å². The highest BCUT2D eigenvalue weighted by Crippen LogP contribution is 2.48. The second kappa shape index (κ2) is 15.3. The number of carbonyl (C=O) groups excluding carboxylic acids is 2. The lowest BCUT2D eigenvalue weighted by Crippen LogP contribution is -2.59. The summed E-state index contributed by atoms with van der Waals surface area (Å²) in [7, 11) is 0. The van der Waals surface area contributed by atoms with Crippen molar-refractivity contribution >= 4 is 40.5 Å². The number of amides is 2. The zero-order valence-electron chi connectivity index (χ0n) is 31.7. The predicted octanol–water partition coefficient (Wildman–Crippen LogP) is 8.20. The Morgan fingerprint density at radius 2 is 1.71 bits per heavy atom. The van der Waals surface area contributed by atoms with E-state index in [1.54, 1.807) is 20.4 Å². The van der Waals surface area contributed by atoms with Gasteiger partial charge in [-0.05, 0) is 83.6 Å². The van der Waals surface area contributed by atoms with Gasteiger partial charge in [0.05, 0.1) is 16.6 Å². The molecule has 55 heavy (non-hydrogen) atoms. The molecule has 0 aliphatic carbocycles. The molecule has 2 amide bonds. The standard InChI is InChI=1S/C41H46ClF2N5O6/c1-24-21-48(40(52)55-41(3,4)5)25(2)20-47(24)37-31-19-32(42)34(30-12-11-28(43)18-33(30)44)36-35(31)49(38(50)45-37)29(23-53-36)17-26-13-15-46(16-14-26)39(51)54-22-27-9-7-6-8-10-27/h6-12,18-19,24-26,29H,13-17,20-23H2,1-5H3/t24-,25+,29+/m0/s1. The number of benzene rings is 3. The van der Waals surface area contributed by atoms with Crippen LogP contribution in [0.25, 0.3) is 22.0 Å². The highest BCUT2D eigenvalue weighted by molar-refractivity contribution is 6.35. The molecule has 7 rings (SSSR count). The highest BCUT2D eigenvalue weighted by atomic mass is 35.5. The first-order valence-corrected chi connectivity index (χ1v) is 19.1. The minimum absolute atomic E-state index is 0.0404. The van der Waals surface area contributed by atoms with Gasteiger partial charge in [0.25, 0.3) is 0 Å². The summed E-state index contributed by atoms with van der Waals surface area (Å²) in [5, 5.41) is 0.690. The Hall–Kier alpha value is -4.91. The fraction of sp³-hybridized carbons (Fsp3) is 0.463. The summed E-state index contributed by atoms with van der Waals surface area (Å²) in [4.78, 5) is 50.3. The molecule has 3 aliphatic rings. The molecule has 0 unspecified atom stereocenters. The number of likely N-dealkylation sites (tertiary alicyclic amines) is 1. The van der Waals surface area contributed by atoms with Gasteiger partial charge in [-0.1, -0.05) is 41.9 Å². The van der Waals surface area contributed by atoms with Crippen molar-refractivity contribution in [2.24, 2.45) is 5.92 Å². The quantitative estimate of drug-likeness (QED) is 0.193.